The van der Waals surface area contributed by atoms with Crippen LogP contribution < -0.4 is 15.8 Å². The predicted octanol–water partition coefficient (Wildman–Crippen LogP) is 3.25. The van der Waals surface area contributed by atoms with E-state index < -0.39 is 41.0 Å². The molecule has 0 saturated heterocycles. The van der Waals surface area contributed by atoms with E-state index in [1.54, 1.807) is 0 Å². The van der Waals surface area contributed by atoms with Crippen LogP contribution in [0.15, 0.2) is 6.07 Å². The lowest BCUT2D eigenvalue weighted by molar-refractivity contribution is 0.00779. The van der Waals surface area contributed by atoms with Crippen molar-refractivity contribution >= 4 is 29.2 Å². The second-order valence-electron chi connectivity index (χ2n) is 4.42. The number of nitrogens with two attached hydrogens (primary N) is 1. The summed E-state index contributed by atoms with van der Waals surface area (Å²) in [6.07, 6.45) is 0. The van der Waals surface area contributed by atoms with Crippen molar-refractivity contribution in [2.45, 2.75) is 12.8 Å². The van der Waals surface area contributed by atoms with Gasteiger partial charge in [0.2, 0.25) is 17.7 Å². The number of benzene rings is 1. The molecule has 2 rings (SSSR count). The van der Waals surface area contributed by atoms with Crippen molar-refractivity contribution < 1.29 is 22.3 Å². The second kappa shape index (κ2) is 6.03. The van der Waals surface area contributed by atoms with Crippen molar-refractivity contribution in [2.24, 2.45) is 0 Å². The Bertz CT molecular complexity index is 753. The van der Waals surface area contributed by atoms with E-state index in [0.717, 1.165) is 7.11 Å². The van der Waals surface area contributed by atoms with Gasteiger partial charge in [-0.1, -0.05) is 11.6 Å². The van der Waals surface area contributed by atoms with Gasteiger partial charge >= 0.3 is 5.92 Å². The van der Waals surface area contributed by atoms with Crippen molar-refractivity contribution in [1.82, 2.24) is 15.0 Å². The van der Waals surface area contributed by atoms with Crippen LogP contribution in [0.1, 0.15) is 12.7 Å². The highest BCUT2D eigenvalue weighted by Gasteiger charge is 2.30. The molecule has 0 spiro atoms. The van der Waals surface area contributed by atoms with Gasteiger partial charge in [-0.15, -0.1) is 0 Å². The number of alkyl halides is 2. The SMILES string of the molecule is COc1c(Cl)cc(F)c(F)c1Nc1nc(N)nc(C(C)(F)F)n1. The monoisotopic (exact) mass is 351 g/mol. The van der Waals surface area contributed by atoms with E-state index in [2.05, 4.69) is 20.3 Å². The van der Waals surface area contributed by atoms with E-state index in [9.17, 15) is 17.6 Å². The van der Waals surface area contributed by atoms with Crippen LogP contribution in [-0.2, 0) is 5.92 Å². The summed E-state index contributed by atoms with van der Waals surface area (Å²) < 4.78 is 58.8. The van der Waals surface area contributed by atoms with E-state index in [1.165, 1.54) is 0 Å². The fourth-order valence-electron chi connectivity index (χ4n) is 1.65. The number of ether oxygens (including phenoxy) is 1. The first kappa shape index (κ1) is 17.0. The van der Waals surface area contributed by atoms with E-state index >= 15 is 0 Å². The first-order valence-corrected chi connectivity index (χ1v) is 6.39. The Hall–Kier alpha value is -2.36. The molecule has 0 aliphatic heterocycles. The smallest absolute Gasteiger partial charge is 0.304 e. The van der Waals surface area contributed by atoms with Gasteiger partial charge in [-0.3, -0.25) is 0 Å². The maximum absolute atomic E-state index is 13.9. The third-order valence-corrected chi connectivity index (χ3v) is 2.89. The molecular formula is C12H10ClF4N5O. The minimum absolute atomic E-state index is 0.239. The number of nitrogen functional groups attached to an aromatic ring is 1. The van der Waals surface area contributed by atoms with Crippen LogP contribution in [-0.4, -0.2) is 22.1 Å². The summed E-state index contributed by atoms with van der Waals surface area (Å²) in [5.41, 5.74) is 4.76. The lowest BCUT2D eigenvalue weighted by Crippen LogP contribution is -2.17. The van der Waals surface area contributed by atoms with Crippen molar-refractivity contribution in [1.29, 1.82) is 0 Å². The fraction of sp³-hybridized carbons (Fsp3) is 0.250. The molecule has 0 saturated carbocycles. The van der Waals surface area contributed by atoms with Crippen LogP contribution in [0.3, 0.4) is 0 Å². The molecule has 0 radical (unpaired) electrons. The molecule has 124 valence electrons. The number of rotatable bonds is 4. The normalized spacial score (nSPS) is 11.4. The number of halogens is 5. The highest BCUT2D eigenvalue weighted by atomic mass is 35.5. The van der Waals surface area contributed by atoms with Crippen molar-refractivity contribution in [2.75, 3.05) is 18.2 Å². The van der Waals surface area contributed by atoms with Gasteiger partial charge in [-0.05, 0) is 6.07 Å². The maximum atomic E-state index is 13.9. The van der Waals surface area contributed by atoms with Crippen LogP contribution in [0.2, 0.25) is 5.02 Å². The molecule has 3 N–H and O–H groups in total. The Balaban J connectivity index is 2.54. The molecule has 6 nitrogen and oxygen atoms in total. The topological polar surface area (TPSA) is 86.0 Å². The number of anilines is 3. The van der Waals surface area contributed by atoms with Crippen LogP contribution >= 0.6 is 11.6 Å². The summed E-state index contributed by atoms with van der Waals surface area (Å²) in [4.78, 5) is 10.3. The van der Waals surface area contributed by atoms with E-state index in [4.69, 9.17) is 22.1 Å². The number of methoxy groups -OCH3 is 1. The first-order valence-electron chi connectivity index (χ1n) is 6.01. The zero-order valence-corrected chi connectivity index (χ0v) is 12.6. The van der Waals surface area contributed by atoms with Gasteiger partial charge in [-0.25, -0.2) is 8.78 Å². The Labute approximate surface area is 132 Å². The lowest BCUT2D eigenvalue weighted by atomic mass is 10.2. The molecule has 2 aromatic rings. The predicted molar refractivity (Wildman–Crippen MR) is 75.0 cm³/mol. The molecule has 0 bridgehead atoms. The Kier molecular flexibility index (Phi) is 4.46. The largest absolute Gasteiger partial charge is 0.493 e. The molecule has 1 aromatic heterocycles. The molecule has 11 heteroatoms. The summed E-state index contributed by atoms with van der Waals surface area (Å²) in [7, 11) is 1.16. The van der Waals surface area contributed by atoms with Gasteiger partial charge in [0.05, 0.1) is 12.1 Å². The van der Waals surface area contributed by atoms with Crippen molar-refractivity contribution in [3.8, 4) is 5.75 Å². The standard InChI is InChI=1S/C12H10ClF4N5O/c1-12(16,17)9-20-10(18)22-11(21-9)19-7-6(15)5(14)3-4(13)8(7)23-2/h3H,1-2H3,(H3,18,19,20,21,22). The van der Waals surface area contributed by atoms with Gasteiger partial charge in [0.15, 0.2) is 17.4 Å². The van der Waals surface area contributed by atoms with Gasteiger partial charge in [0, 0.05) is 6.92 Å². The van der Waals surface area contributed by atoms with E-state index in [-0.39, 0.29) is 10.8 Å². The number of nitrogens with zero attached hydrogens (tertiary/aromatic N) is 3. The highest BCUT2D eigenvalue weighted by Crippen LogP contribution is 2.38. The Morgan fingerprint density at radius 2 is 1.91 bits per heavy atom. The molecule has 1 aromatic carbocycles. The number of hydrogen-bond acceptors (Lipinski definition) is 6. The van der Waals surface area contributed by atoms with Gasteiger partial charge < -0.3 is 15.8 Å². The molecule has 0 fully saturated rings. The van der Waals surface area contributed by atoms with Crippen molar-refractivity contribution in [3.63, 3.8) is 0 Å². The van der Waals surface area contributed by atoms with Crippen LogP contribution in [0.5, 0.6) is 5.75 Å². The molecule has 0 aliphatic rings. The average Bonchev–Trinajstić information content (AvgIpc) is 2.43. The minimum atomic E-state index is -3.41. The van der Waals surface area contributed by atoms with Crippen LogP contribution in [0.25, 0.3) is 0 Å². The third kappa shape index (κ3) is 3.52. The lowest BCUT2D eigenvalue weighted by Gasteiger charge is -2.14. The highest BCUT2D eigenvalue weighted by molar-refractivity contribution is 6.32. The average molecular weight is 352 g/mol. The van der Waals surface area contributed by atoms with Crippen LogP contribution in [0, 0.1) is 11.6 Å². The maximum Gasteiger partial charge on any atom is 0.304 e. The minimum Gasteiger partial charge on any atom is -0.493 e. The molecule has 0 unspecified atom stereocenters. The fourth-order valence-corrected chi connectivity index (χ4v) is 1.91. The Morgan fingerprint density at radius 3 is 2.48 bits per heavy atom. The quantitative estimate of drug-likeness (QED) is 0.649. The van der Waals surface area contributed by atoms with Gasteiger partial charge in [0.1, 0.15) is 5.69 Å². The van der Waals surface area contributed by atoms with Gasteiger partial charge in [-0.2, -0.15) is 23.7 Å². The summed E-state index contributed by atoms with van der Waals surface area (Å²) in [5, 5.41) is 1.99. The Morgan fingerprint density at radius 1 is 1.26 bits per heavy atom. The molecule has 0 amide bonds. The van der Waals surface area contributed by atoms with E-state index in [1.807, 2.05) is 0 Å². The molecule has 23 heavy (non-hydrogen) atoms. The summed E-state index contributed by atoms with van der Waals surface area (Å²) in [6, 6.07) is 0.703. The molecule has 1 heterocycles. The summed E-state index contributed by atoms with van der Waals surface area (Å²) in [5.74, 6) is -8.27. The number of hydrogen-bond donors (Lipinski definition) is 2. The summed E-state index contributed by atoms with van der Waals surface area (Å²) in [6.45, 7) is 0.547. The van der Waals surface area contributed by atoms with E-state index in [0.29, 0.717) is 13.0 Å². The third-order valence-electron chi connectivity index (χ3n) is 2.61. The molecular weight excluding hydrogens is 342 g/mol. The zero-order chi connectivity index (χ0) is 17.4. The number of aromatic nitrogens is 3. The van der Waals surface area contributed by atoms with Crippen molar-refractivity contribution in [3.05, 3.63) is 28.5 Å². The van der Waals surface area contributed by atoms with Gasteiger partial charge in [0.25, 0.3) is 0 Å². The molecule has 0 atom stereocenters. The summed E-state index contributed by atoms with van der Waals surface area (Å²) >= 11 is 5.74. The first-order chi connectivity index (χ1) is 10.6. The second-order valence-corrected chi connectivity index (χ2v) is 4.82. The number of nitrogens with one attached hydrogen (secondary N) is 1. The zero-order valence-electron chi connectivity index (χ0n) is 11.8. The molecule has 0 aliphatic carbocycles. The van der Waals surface area contributed by atoms with Crippen LogP contribution in [0.4, 0.5) is 35.1 Å².